The van der Waals surface area contributed by atoms with Crippen molar-refractivity contribution in [2.45, 2.75) is 19.6 Å². The molecule has 0 fully saturated rings. The predicted molar refractivity (Wildman–Crippen MR) is 73.9 cm³/mol. The highest BCUT2D eigenvalue weighted by Crippen LogP contribution is 2.18. The fraction of sp³-hybridized carbons (Fsp3) is 0.286. The van der Waals surface area contributed by atoms with Gasteiger partial charge >= 0.3 is 0 Å². The number of benzene rings is 1. The molecule has 1 aromatic carbocycles. The second-order valence-corrected chi connectivity index (χ2v) is 10.1. The van der Waals surface area contributed by atoms with Gasteiger partial charge < -0.3 is 5.11 Å². The van der Waals surface area contributed by atoms with Crippen LogP contribution in [-0.4, -0.2) is 19.8 Å². The van der Waals surface area contributed by atoms with E-state index in [1.54, 1.807) is 12.1 Å². The van der Waals surface area contributed by atoms with Gasteiger partial charge in [-0.2, -0.15) is 0 Å². The number of halogens is 1. The number of hydrogen-bond acceptors (Lipinski definition) is 1. The van der Waals surface area contributed by atoms with Crippen molar-refractivity contribution >= 4 is 13.6 Å². The summed E-state index contributed by atoms with van der Waals surface area (Å²) < 4.78 is 13.1. The molecule has 0 radical (unpaired) electrons. The Morgan fingerprint density at radius 1 is 1.35 bits per heavy atom. The molecule has 3 heteroatoms. The summed E-state index contributed by atoms with van der Waals surface area (Å²) in [6.45, 7) is 6.64. The van der Waals surface area contributed by atoms with E-state index in [1.165, 1.54) is 12.1 Å². The Labute approximate surface area is 103 Å². The Kier molecular flexibility index (Phi) is 4.84. The molecule has 1 N–H and O–H groups in total. The van der Waals surface area contributed by atoms with Gasteiger partial charge in [0.15, 0.2) is 0 Å². The monoisotopic (exact) mass is 250 g/mol. The molecule has 0 aliphatic heterocycles. The van der Waals surface area contributed by atoms with E-state index >= 15 is 0 Å². The summed E-state index contributed by atoms with van der Waals surface area (Å²) in [7, 11) is -1.29. The summed E-state index contributed by atoms with van der Waals surface area (Å²) in [6.07, 6.45) is 3.68. The molecule has 1 nitrogen and oxygen atoms in total. The Balaban J connectivity index is 3.03. The summed E-state index contributed by atoms with van der Waals surface area (Å²) in [5, 5.41) is 9.00. The maximum absolute atomic E-state index is 13.1. The zero-order chi connectivity index (χ0) is 12.9. The molecule has 0 heterocycles. The highest BCUT2D eigenvalue weighted by atomic mass is 28.3. The Bertz CT molecular complexity index is 430. The van der Waals surface area contributed by atoms with Crippen LogP contribution in [0.1, 0.15) is 5.56 Å². The molecule has 0 bridgehead atoms. The lowest BCUT2D eigenvalue weighted by Gasteiger charge is -2.10. The number of aliphatic hydroxyl groups is 1. The summed E-state index contributed by atoms with van der Waals surface area (Å²) in [5.74, 6) is -0.257. The Morgan fingerprint density at radius 2 is 2.06 bits per heavy atom. The van der Waals surface area contributed by atoms with Gasteiger partial charge in [0.05, 0.1) is 14.7 Å². The first-order chi connectivity index (χ1) is 7.92. The van der Waals surface area contributed by atoms with Crippen LogP contribution in [0.2, 0.25) is 19.6 Å². The molecule has 0 aliphatic carbocycles. The van der Waals surface area contributed by atoms with Gasteiger partial charge in [0, 0.05) is 0 Å². The van der Waals surface area contributed by atoms with Crippen molar-refractivity contribution in [3.63, 3.8) is 0 Å². The van der Waals surface area contributed by atoms with Crippen molar-refractivity contribution in [1.82, 2.24) is 0 Å². The maximum Gasteiger partial charge on any atom is 0.123 e. The van der Waals surface area contributed by atoms with Gasteiger partial charge in [0.25, 0.3) is 0 Å². The van der Waals surface area contributed by atoms with E-state index in [-0.39, 0.29) is 12.4 Å². The third-order valence-corrected chi connectivity index (χ3v) is 3.40. The smallest absolute Gasteiger partial charge is 0.123 e. The lowest BCUT2D eigenvalue weighted by molar-refractivity contribution is 0.343. The molecule has 1 rings (SSSR count). The van der Waals surface area contributed by atoms with E-state index in [9.17, 15) is 4.39 Å². The van der Waals surface area contributed by atoms with E-state index in [1.807, 2.05) is 12.1 Å². The van der Waals surface area contributed by atoms with Gasteiger partial charge in [-0.3, -0.25) is 0 Å². The average molecular weight is 250 g/mol. The van der Waals surface area contributed by atoms with Crippen molar-refractivity contribution in [3.8, 4) is 0 Å². The fourth-order valence-corrected chi connectivity index (χ4v) is 2.07. The average Bonchev–Trinajstić information content (AvgIpc) is 2.23. The lowest BCUT2D eigenvalue weighted by Crippen LogP contribution is -2.15. The molecule has 0 saturated carbocycles. The SMILES string of the molecule is C[Si](C)(C)/C=C/C(=C/CO)c1cccc(F)c1. The first-order valence-electron chi connectivity index (χ1n) is 5.68. The second-order valence-electron chi connectivity index (χ2n) is 5.05. The first-order valence-corrected chi connectivity index (χ1v) is 9.26. The number of aliphatic hydroxyl groups excluding tert-OH is 1. The molecule has 0 atom stereocenters. The summed E-state index contributed by atoms with van der Waals surface area (Å²) in [6, 6.07) is 6.43. The molecule has 0 aromatic heterocycles. The molecule has 92 valence electrons. The van der Waals surface area contributed by atoms with Crippen LogP contribution in [0.15, 0.2) is 42.1 Å². The molecule has 1 aromatic rings. The molecular weight excluding hydrogens is 231 g/mol. The van der Waals surface area contributed by atoms with E-state index in [2.05, 4.69) is 25.3 Å². The van der Waals surface area contributed by atoms with Crippen molar-refractivity contribution < 1.29 is 9.50 Å². The van der Waals surface area contributed by atoms with E-state index < -0.39 is 8.07 Å². The topological polar surface area (TPSA) is 20.2 Å². The van der Waals surface area contributed by atoms with Crippen LogP contribution in [-0.2, 0) is 0 Å². The summed E-state index contributed by atoms with van der Waals surface area (Å²) in [4.78, 5) is 0. The standard InChI is InChI=1S/C14H19FOSi/c1-17(2,3)10-8-12(7-9-16)13-5-4-6-14(15)11-13/h4-8,10-11,16H,9H2,1-3H3/b10-8+,12-7-. The largest absolute Gasteiger partial charge is 0.392 e. The van der Waals surface area contributed by atoms with Gasteiger partial charge in [0.2, 0.25) is 0 Å². The van der Waals surface area contributed by atoms with Crippen molar-refractivity contribution in [1.29, 1.82) is 0 Å². The highest BCUT2D eigenvalue weighted by molar-refractivity contribution is 6.81. The molecule has 0 spiro atoms. The minimum atomic E-state index is -1.29. The van der Waals surface area contributed by atoms with Gasteiger partial charge in [-0.1, -0.05) is 49.6 Å². The van der Waals surface area contributed by atoms with Crippen LogP contribution >= 0.6 is 0 Å². The van der Waals surface area contributed by atoms with Crippen molar-refractivity contribution in [3.05, 3.63) is 53.5 Å². The van der Waals surface area contributed by atoms with Gasteiger partial charge in [-0.15, -0.1) is 0 Å². The van der Waals surface area contributed by atoms with E-state index in [0.29, 0.717) is 0 Å². The second kappa shape index (κ2) is 5.94. The minimum Gasteiger partial charge on any atom is -0.392 e. The van der Waals surface area contributed by atoms with Crippen LogP contribution in [0, 0.1) is 5.82 Å². The molecule has 0 amide bonds. The highest BCUT2D eigenvalue weighted by Gasteiger charge is 2.08. The van der Waals surface area contributed by atoms with Crippen LogP contribution in [0.4, 0.5) is 4.39 Å². The fourth-order valence-electron chi connectivity index (χ4n) is 1.39. The van der Waals surface area contributed by atoms with E-state index in [4.69, 9.17) is 5.11 Å². The van der Waals surface area contributed by atoms with Crippen LogP contribution in [0.3, 0.4) is 0 Å². The van der Waals surface area contributed by atoms with Crippen LogP contribution in [0.5, 0.6) is 0 Å². The zero-order valence-corrected chi connectivity index (χ0v) is 11.6. The van der Waals surface area contributed by atoms with Crippen LogP contribution < -0.4 is 0 Å². The first kappa shape index (κ1) is 13.9. The molecule has 0 unspecified atom stereocenters. The molecule has 0 saturated heterocycles. The van der Waals surface area contributed by atoms with Crippen molar-refractivity contribution in [2.75, 3.05) is 6.61 Å². The lowest BCUT2D eigenvalue weighted by atomic mass is 10.1. The quantitative estimate of drug-likeness (QED) is 0.639. The molecule has 17 heavy (non-hydrogen) atoms. The maximum atomic E-state index is 13.1. The van der Waals surface area contributed by atoms with Gasteiger partial charge in [-0.25, -0.2) is 4.39 Å². The van der Waals surface area contributed by atoms with Gasteiger partial charge in [0.1, 0.15) is 5.82 Å². The Hall–Kier alpha value is -1.19. The number of rotatable bonds is 4. The number of hydrogen-bond donors (Lipinski definition) is 1. The molecular formula is C14H19FOSi. The van der Waals surface area contributed by atoms with E-state index in [0.717, 1.165) is 11.1 Å². The van der Waals surface area contributed by atoms with Crippen molar-refractivity contribution in [2.24, 2.45) is 0 Å². The third kappa shape index (κ3) is 5.11. The van der Waals surface area contributed by atoms with Crippen LogP contribution in [0.25, 0.3) is 5.57 Å². The predicted octanol–water partition coefficient (Wildman–Crippen LogP) is 3.64. The minimum absolute atomic E-state index is 0.0398. The summed E-state index contributed by atoms with van der Waals surface area (Å²) >= 11 is 0. The molecule has 0 aliphatic rings. The van der Waals surface area contributed by atoms with Gasteiger partial charge in [-0.05, 0) is 23.3 Å². The normalized spacial score (nSPS) is 13.4. The zero-order valence-electron chi connectivity index (χ0n) is 10.6. The number of allylic oxidation sites excluding steroid dienone is 2. The third-order valence-electron chi connectivity index (χ3n) is 2.23. The Morgan fingerprint density at radius 3 is 2.59 bits per heavy atom. The summed E-state index contributed by atoms with van der Waals surface area (Å²) in [5.41, 5.74) is 3.85.